The lowest BCUT2D eigenvalue weighted by molar-refractivity contribution is -0.143. The van der Waals surface area contributed by atoms with Crippen molar-refractivity contribution in [3.63, 3.8) is 0 Å². The Bertz CT molecular complexity index is 605. The van der Waals surface area contributed by atoms with Crippen molar-refractivity contribution in [3.8, 4) is 0 Å². The van der Waals surface area contributed by atoms with E-state index < -0.39 is 35.3 Å². The molecule has 1 aliphatic carbocycles. The fraction of sp³-hybridized carbons (Fsp3) is 0.882. The Morgan fingerprint density at radius 2 is 1.89 bits per heavy atom. The standard InChI is InChI=1S/C17H29N3O6S/c1-19(27(25)26)13-6-15(17(23)24)20(9-13)8-10-2-3-11-7-18-14(16(21)22)5-12(11)4-10/h10-15,18H,2-9H2,1H3,(H,21,22)(H,23,24)(H,25,26)/t10-,11-,12+,13-,14-,15-/m0/s1. The molecule has 2 heterocycles. The number of hydrogen-bond donors (Lipinski definition) is 4. The first-order valence-corrected chi connectivity index (χ1v) is 10.6. The van der Waals surface area contributed by atoms with Crippen molar-refractivity contribution in [1.82, 2.24) is 14.5 Å². The van der Waals surface area contributed by atoms with Crippen LogP contribution in [0.4, 0.5) is 0 Å². The number of carboxylic acid groups (broad SMARTS) is 2. The van der Waals surface area contributed by atoms with Gasteiger partial charge in [-0.15, -0.1) is 0 Å². The van der Waals surface area contributed by atoms with Crippen LogP contribution in [0, 0.1) is 17.8 Å². The van der Waals surface area contributed by atoms with Gasteiger partial charge >= 0.3 is 11.9 Å². The molecule has 0 spiro atoms. The Morgan fingerprint density at radius 1 is 1.15 bits per heavy atom. The van der Waals surface area contributed by atoms with Crippen LogP contribution in [0.25, 0.3) is 0 Å². The first kappa shape index (κ1) is 20.7. The van der Waals surface area contributed by atoms with Gasteiger partial charge in [0.25, 0.3) is 0 Å². The van der Waals surface area contributed by atoms with E-state index in [2.05, 4.69) is 5.32 Å². The molecule has 0 aromatic heterocycles. The number of carbonyl (C=O) groups is 2. The minimum absolute atomic E-state index is 0.261. The van der Waals surface area contributed by atoms with Crippen LogP contribution in [0.1, 0.15) is 32.1 Å². The van der Waals surface area contributed by atoms with Gasteiger partial charge in [0.2, 0.25) is 11.3 Å². The van der Waals surface area contributed by atoms with Gasteiger partial charge in [-0.2, -0.15) is 4.31 Å². The van der Waals surface area contributed by atoms with E-state index in [-0.39, 0.29) is 6.04 Å². The van der Waals surface area contributed by atoms with Gasteiger partial charge in [-0.05, 0) is 56.4 Å². The topological polar surface area (TPSA) is 130 Å². The summed E-state index contributed by atoms with van der Waals surface area (Å²) in [6.45, 7) is 1.85. The minimum atomic E-state index is -2.11. The number of hydrogen-bond acceptors (Lipinski definition) is 5. The lowest BCUT2D eigenvalue weighted by Gasteiger charge is -2.42. The number of nitrogens with one attached hydrogen (secondary N) is 1. The third kappa shape index (κ3) is 4.68. The van der Waals surface area contributed by atoms with E-state index in [9.17, 15) is 28.6 Å². The molecule has 0 radical (unpaired) electrons. The van der Waals surface area contributed by atoms with Crippen LogP contribution >= 0.6 is 0 Å². The first-order chi connectivity index (χ1) is 12.8. The molecule has 154 valence electrons. The van der Waals surface area contributed by atoms with Crippen molar-refractivity contribution in [3.05, 3.63) is 0 Å². The molecule has 1 saturated carbocycles. The highest BCUT2D eigenvalue weighted by Gasteiger charge is 2.43. The fourth-order valence-electron chi connectivity index (χ4n) is 5.08. The molecule has 0 aromatic carbocycles. The molecule has 2 aliphatic heterocycles. The number of rotatable bonds is 6. The van der Waals surface area contributed by atoms with Crippen LogP contribution in [0.3, 0.4) is 0 Å². The summed E-state index contributed by atoms with van der Waals surface area (Å²) in [5.41, 5.74) is 0. The van der Waals surface area contributed by atoms with Gasteiger partial charge in [0.1, 0.15) is 12.1 Å². The number of fused-ring (bicyclic) bond motifs is 1. The number of likely N-dealkylation sites (tertiary alicyclic amines) is 1. The van der Waals surface area contributed by atoms with Gasteiger partial charge in [0, 0.05) is 26.2 Å². The number of nitrogens with zero attached hydrogens (tertiary/aromatic N) is 2. The van der Waals surface area contributed by atoms with E-state index in [1.165, 1.54) is 11.4 Å². The quantitative estimate of drug-likeness (QED) is 0.458. The highest BCUT2D eigenvalue weighted by Crippen LogP contribution is 2.39. The van der Waals surface area contributed by atoms with Crippen molar-refractivity contribution in [2.45, 2.75) is 50.2 Å². The van der Waals surface area contributed by atoms with Crippen LogP contribution in [0.2, 0.25) is 0 Å². The van der Waals surface area contributed by atoms with Gasteiger partial charge in [0.15, 0.2) is 0 Å². The summed E-state index contributed by atoms with van der Waals surface area (Å²) in [6.07, 6.45) is 3.93. The van der Waals surface area contributed by atoms with Gasteiger partial charge in [-0.3, -0.25) is 19.0 Å². The molecule has 10 heteroatoms. The third-order valence-electron chi connectivity index (χ3n) is 6.63. The predicted molar refractivity (Wildman–Crippen MR) is 98.3 cm³/mol. The molecule has 3 aliphatic rings. The Morgan fingerprint density at radius 3 is 2.52 bits per heavy atom. The first-order valence-electron chi connectivity index (χ1n) is 9.53. The van der Waals surface area contributed by atoms with E-state index in [1.807, 2.05) is 4.90 Å². The van der Waals surface area contributed by atoms with Crippen molar-refractivity contribution >= 4 is 23.2 Å². The van der Waals surface area contributed by atoms with E-state index in [1.54, 1.807) is 0 Å². The lowest BCUT2D eigenvalue weighted by atomic mass is 9.69. The third-order valence-corrected chi connectivity index (χ3v) is 7.42. The maximum atomic E-state index is 11.7. The minimum Gasteiger partial charge on any atom is -0.480 e. The van der Waals surface area contributed by atoms with Crippen molar-refractivity contribution < 1.29 is 28.6 Å². The average Bonchev–Trinajstić information content (AvgIpc) is 3.04. The molecule has 7 atom stereocenters. The molecule has 2 saturated heterocycles. The second-order valence-corrected chi connectivity index (χ2v) is 9.25. The molecule has 3 rings (SSSR count). The summed E-state index contributed by atoms with van der Waals surface area (Å²) in [5.74, 6) is -0.494. The van der Waals surface area contributed by atoms with Gasteiger partial charge in [-0.25, -0.2) is 4.21 Å². The predicted octanol–water partition coefficient (Wildman–Crippen LogP) is 0.0614. The number of aliphatic carboxylic acids is 2. The largest absolute Gasteiger partial charge is 0.480 e. The van der Waals surface area contributed by atoms with Gasteiger partial charge < -0.3 is 15.5 Å². The Labute approximate surface area is 161 Å². The summed E-state index contributed by atoms with van der Waals surface area (Å²) in [4.78, 5) is 24.9. The summed E-state index contributed by atoms with van der Waals surface area (Å²) in [7, 11) is 1.54. The summed E-state index contributed by atoms with van der Waals surface area (Å²) < 4.78 is 21.9. The molecule has 0 aromatic rings. The maximum absolute atomic E-state index is 11.7. The van der Waals surface area contributed by atoms with Crippen LogP contribution in [0.5, 0.6) is 0 Å². The summed E-state index contributed by atoms with van der Waals surface area (Å²) in [6, 6.07) is -1.39. The highest BCUT2D eigenvalue weighted by molar-refractivity contribution is 7.76. The SMILES string of the molecule is CN([C@H]1C[C@@H](C(=O)O)N(C[C@H]2CC[C@H]3CN[C@H](C(=O)O)C[C@H]3C2)C1)S(=O)O. The normalized spacial score (nSPS) is 38.5. The second-order valence-electron chi connectivity index (χ2n) is 8.21. The molecule has 9 nitrogen and oxygen atoms in total. The van der Waals surface area contributed by atoms with E-state index in [0.29, 0.717) is 43.7 Å². The van der Waals surface area contributed by atoms with E-state index in [0.717, 1.165) is 25.8 Å². The fourth-order valence-corrected chi connectivity index (χ4v) is 5.48. The van der Waals surface area contributed by atoms with Crippen LogP contribution < -0.4 is 5.32 Å². The second kappa shape index (κ2) is 8.52. The van der Waals surface area contributed by atoms with Crippen molar-refractivity contribution in [1.29, 1.82) is 0 Å². The zero-order valence-corrected chi connectivity index (χ0v) is 16.3. The highest BCUT2D eigenvalue weighted by atomic mass is 32.2. The molecule has 3 fully saturated rings. The van der Waals surface area contributed by atoms with Crippen molar-refractivity contribution in [2.75, 3.05) is 26.7 Å². The molecule has 1 unspecified atom stereocenters. The van der Waals surface area contributed by atoms with E-state index >= 15 is 0 Å². The van der Waals surface area contributed by atoms with Gasteiger partial charge in [0.05, 0.1) is 0 Å². The lowest BCUT2D eigenvalue weighted by Crippen LogP contribution is -2.50. The molecule has 27 heavy (non-hydrogen) atoms. The Hall–Kier alpha value is -1.07. The van der Waals surface area contributed by atoms with Crippen LogP contribution in [-0.2, 0) is 20.9 Å². The number of piperidine rings is 1. The van der Waals surface area contributed by atoms with Crippen LogP contribution in [0.15, 0.2) is 0 Å². The van der Waals surface area contributed by atoms with Crippen LogP contribution in [-0.4, -0.2) is 84.9 Å². The molecule has 4 N–H and O–H groups in total. The monoisotopic (exact) mass is 403 g/mol. The number of likely N-dealkylation sites (N-methyl/N-ethyl adjacent to an activating group) is 1. The Kier molecular flexibility index (Phi) is 6.52. The molecule has 0 amide bonds. The zero-order chi connectivity index (χ0) is 19.7. The summed E-state index contributed by atoms with van der Waals surface area (Å²) >= 11 is -2.11. The molecule has 0 bridgehead atoms. The average molecular weight is 404 g/mol. The smallest absolute Gasteiger partial charge is 0.320 e. The summed E-state index contributed by atoms with van der Waals surface area (Å²) in [5, 5.41) is 21.9. The molecular formula is C17H29N3O6S. The Balaban J connectivity index is 1.61. The maximum Gasteiger partial charge on any atom is 0.320 e. The zero-order valence-electron chi connectivity index (χ0n) is 15.5. The van der Waals surface area contributed by atoms with E-state index in [4.69, 9.17) is 0 Å². The number of carboxylic acids is 2. The van der Waals surface area contributed by atoms with Gasteiger partial charge in [-0.1, -0.05) is 0 Å². The van der Waals surface area contributed by atoms with Crippen molar-refractivity contribution in [2.24, 2.45) is 17.8 Å². The molecular weight excluding hydrogens is 374 g/mol.